The second-order valence-corrected chi connectivity index (χ2v) is 5.54. The molecule has 0 rings (SSSR count). The number of alkyl carbamates (subject to hydrolysis) is 1. The topological polar surface area (TPSA) is 99.7 Å². The van der Waals surface area contributed by atoms with Gasteiger partial charge in [0.25, 0.3) is 0 Å². The smallest absolute Gasteiger partial charge is 0.407 e. The van der Waals surface area contributed by atoms with Gasteiger partial charge < -0.3 is 25.8 Å². The number of hydrogen-bond donors (Lipinski definition) is 4. The van der Waals surface area contributed by atoms with Gasteiger partial charge in [0.1, 0.15) is 5.60 Å². The summed E-state index contributed by atoms with van der Waals surface area (Å²) in [6.07, 6.45) is -1.51. The van der Waals surface area contributed by atoms with Crippen LogP contribution in [-0.2, 0) is 4.74 Å². The molecular weight excluding hydrogens is 250 g/mol. The zero-order valence-corrected chi connectivity index (χ0v) is 12.2. The molecule has 0 aliphatic rings. The zero-order valence-electron chi connectivity index (χ0n) is 12.2. The van der Waals surface area contributed by atoms with Gasteiger partial charge >= 0.3 is 12.2 Å². The molecule has 112 valence electrons. The van der Waals surface area contributed by atoms with Crippen LogP contribution >= 0.6 is 0 Å². The van der Waals surface area contributed by atoms with Crippen molar-refractivity contribution in [3.05, 3.63) is 0 Å². The number of amides is 2. The molecule has 19 heavy (non-hydrogen) atoms. The largest absolute Gasteiger partial charge is 0.465 e. The van der Waals surface area contributed by atoms with Crippen molar-refractivity contribution < 1.29 is 19.4 Å². The molecule has 2 unspecified atom stereocenters. The Morgan fingerprint density at radius 2 is 1.74 bits per heavy atom. The Kier molecular flexibility index (Phi) is 7.21. The molecule has 7 heteroatoms. The van der Waals surface area contributed by atoms with E-state index in [1.54, 1.807) is 20.8 Å². The van der Waals surface area contributed by atoms with Crippen LogP contribution in [0.2, 0.25) is 0 Å². The number of carbonyl (C=O) groups is 2. The maximum atomic E-state index is 11.5. The highest BCUT2D eigenvalue weighted by Crippen LogP contribution is 2.06. The molecule has 0 saturated carbocycles. The monoisotopic (exact) mass is 275 g/mol. The van der Waals surface area contributed by atoms with E-state index >= 15 is 0 Å². The van der Waals surface area contributed by atoms with E-state index in [2.05, 4.69) is 16.0 Å². The lowest BCUT2D eigenvalue weighted by Gasteiger charge is -2.23. The summed E-state index contributed by atoms with van der Waals surface area (Å²) in [6, 6.07) is -0.124. The van der Waals surface area contributed by atoms with Crippen molar-refractivity contribution in [2.45, 2.75) is 52.3 Å². The van der Waals surface area contributed by atoms with Crippen LogP contribution in [0.15, 0.2) is 0 Å². The van der Waals surface area contributed by atoms with Crippen LogP contribution in [0.25, 0.3) is 0 Å². The molecule has 0 bridgehead atoms. The fourth-order valence-electron chi connectivity index (χ4n) is 1.25. The third-order valence-electron chi connectivity index (χ3n) is 2.10. The van der Waals surface area contributed by atoms with E-state index in [4.69, 9.17) is 9.84 Å². The first kappa shape index (κ1) is 17.5. The van der Waals surface area contributed by atoms with Crippen LogP contribution in [0.5, 0.6) is 0 Å². The van der Waals surface area contributed by atoms with Crippen LogP contribution in [0, 0.1) is 0 Å². The average Bonchev–Trinajstić information content (AvgIpc) is 2.20. The molecule has 0 aromatic heterocycles. The molecule has 0 aliphatic heterocycles. The Hall–Kier alpha value is -1.50. The molecule has 4 N–H and O–H groups in total. The lowest BCUT2D eigenvalue weighted by atomic mass is 10.2. The maximum absolute atomic E-state index is 11.5. The molecular formula is C12H25N3O4. The first-order valence-corrected chi connectivity index (χ1v) is 6.30. The summed E-state index contributed by atoms with van der Waals surface area (Å²) < 4.78 is 5.13. The summed E-state index contributed by atoms with van der Waals surface area (Å²) in [5.74, 6) is 0. The minimum atomic E-state index is -1.05. The SMILES string of the molecule is CC(CNC(=O)O)NCC(C)NC(=O)OC(C)(C)C. The van der Waals surface area contributed by atoms with Crippen LogP contribution in [0.4, 0.5) is 9.59 Å². The summed E-state index contributed by atoms with van der Waals surface area (Å²) in [7, 11) is 0. The number of hydrogen-bond acceptors (Lipinski definition) is 4. The molecule has 7 nitrogen and oxygen atoms in total. The molecule has 0 radical (unpaired) electrons. The van der Waals surface area contributed by atoms with Crippen molar-refractivity contribution in [3.63, 3.8) is 0 Å². The fourth-order valence-corrected chi connectivity index (χ4v) is 1.25. The molecule has 0 aromatic carbocycles. The van der Waals surface area contributed by atoms with Crippen molar-refractivity contribution in [2.75, 3.05) is 13.1 Å². The minimum absolute atomic E-state index is 0.0148. The maximum Gasteiger partial charge on any atom is 0.407 e. The van der Waals surface area contributed by atoms with Crippen molar-refractivity contribution >= 4 is 12.2 Å². The van der Waals surface area contributed by atoms with E-state index < -0.39 is 17.8 Å². The summed E-state index contributed by atoms with van der Waals surface area (Å²) in [6.45, 7) is 9.94. The molecule has 0 fully saturated rings. The van der Waals surface area contributed by atoms with Gasteiger partial charge in [-0.1, -0.05) is 0 Å². The molecule has 0 spiro atoms. The van der Waals surface area contributed by atoms with Crippen LogP contribution in [0.1, 0.15) is 34.6 Å². The van der Waals surface area contributed by atoms with Crippen molar-refractivity contribution in [2.24, 2.45) is 0 Å². The van der Waals surface area contributed by atoms with E-state index in [1.807, 2.05) is 13.8 Å². The van der Waals surface area contributed by atoms with Crippen molar-refractivity contribution in [3.8, 4) is 0 Å². The third-order valence-corrected chi connectivity index (χ3v) is 2.10. The number of rotatable bonds is 6. The van der Waals surface area contributed by atoms with Gasteiger partial charge in [-0.2, -0.15) is 0 Å². The van der Waals surface area contributed by atoms with Gasteiger partial charge in [-0.25, -0.2) is 9.59 Å². The van der Waals surface area contributed by atoms with Gasteiger partial charge in [0.05, 0.1) is 0 Å². The minimum Gasteiger partial charge on any atom is -0.465 e. The van der Waals surface area contributed by atoms with Gasteiger partial charge in [-0.15, -0.1) is 0 Å². The highest BCUT2D eigenvalue weighted by molar-refractivity contribution is 5.68. The Bertz CT molecular complexity index is 302. The third kappa shape index (κ3) is 11.3. The molecule has 2 amide bonds. The Labute approximate surface area is 114 Å². The molecule has 0 aliphatic carbocycles. The Morgan fingerprint density at radius 3 is 2.21 bits per heavy atom. The fraction of sp³-hybridized carbons (Fsp3) is 0.833. The van der Waals surface area contributed by atoms with E-state index in [9.17, 15) is 9.59 Å². The molecule has 2 atom stereocenters. The van der Waals surface area contributed by atoms with Gasteiger partial charge in [-0.3, -0.25) is 0 Å². The second kappa shape index (κ2) is 7.83. The zero-order chi connectivity index (χ0) is 15.1. The Morgan fingerprint density at radius 1 is 1.16 bits per heavy atom. The van der Waals surface area contributed by atoms with Gasteiger partial charge in [-0.05, 0) is 34.6 Å². The number of nitrogens with one attached hydrogen (secondary N) is 3. The van der Waals surface area contributed by atoms with E-state index in [1.165, 1.54) is 0 Å². The summed E-state index contributed by atoms with van der Waals surface area (Å²) in [5.41, 5.74) is -0.518. The van der Waals surface area contributed by atoms with Gasteiger partial charge in [0.2, 0.25) is 0 Å². The first-order chi connectivity index (χ1) is 8.60. The number of carbonyl (C=O) groups excluding carboxylic acids is 1. The van der Waals surface area contributed by atoms with Crippen LogP contribution < -0.4 is 16.0 Å². The normalized spacial score (nSPS) is 14.4. The number of ether oxygens (including phenoxy) is 1. The molecule has 0 saturated heterocycles. The predicted octanol–water partition coefficient (Wildman–Crippen LogP) is 1.15. The highest BCUT2D eigenvalue weighted by atomic mass is 16.6. The summed E-state index contributed by atoms with van der Waals surface area (Å²) in [4.78, 5) is 21.8. The number of carboxylic acid groups (broad SMARTS) is 1. The lowest BCUT2D eigenvalue weighted by molar-refractivity contribution is 0.0507. The van der Waals surface area contributed by atoms with E-state index in [0.29, 0.717) is 13.1 Å². The summed E-state index contributed by atoms with van der Waals surface area (Å²) >= 11 is 0. The van der Waals surface area contributed by atoms with Crippen LogP contribution in [-0.4, -0.2) is 48.1 Å². The van der Waals surface area contributed by atoms with Crippen molar-refractivity contribution in [1.82, 2.24) is 16.0 Å². The van der Waals surface area contributed by atoms with Gasteiger partial charge in [0.15, 0.2) is 0 Å². The lowest BCUT2D eigenvalue weighted by Crippen LogP contribution is -2.46. The van der Waals surface area contributed by atoms with Crippen molar-refractivity contribution in [1.29, 1.82) is 0 Å². The first-order valence-electron chi connectivity index (χ1n) is 6.30. The van der Waals surface area contributed by atoms with Gasteiger partial charge in [0, 0.05) is 25.2 Å². The second-order valence-electron chi connectivity index (χ2n) is 5.54. The van der Waals surface area contributed by atoms with E-state index in [-0.39, 0.29) is 12.1 Å². The average molecular weight is 275 g/mol. The standard InChI is InChI=1S/C12H25N3O4/c1-8(6-14-10(16)17)13-7-9(2)15-11(18)19-12(3,4)5/h8-9,13-14H,6-7H2,1-5H3,(H,15,18)(H,16,17). The Balaban J connectivity index is 3.83. The van der Waals surface area contributed by atoms with E-state index in [0.717, 1.165) is 0 Å². The van der Waals surface area contributed by atoms with Crippen LogP contribution in [0.3, 0.4) is 0 Å². The summed E-state index contributed by atoms with van der Waals surface area (Å²) in [5, 5.41) is 16.5. The molecule has 0 heterocycles. The quantitative estimate of drug-likeness (QED) is 0.582. The molecule has 0 aromatic rings. The predicted molar refractivity (Wildman–Crippen MR) is 72.3 cm³/mol. The highest BCUT2D eigenvalue weighted by Gasteiger charge is 2.17.